The minimum atomic E-state index is -1.22. The topological polar surface area (TPSA) is 70.6 Å². The first kappa shape index (κ1) is 13.2. The number of rotatable bonds is 7. The maximum absolute atomic E-state index is 10.2. The number of nitrogens with one attached hydrogen (secondary N) is 2. The second kappa shape index (κ2) is 7.38. The van der Waals surface area contributed by atoms with Crippen LogP contribution in [0.25, 0.3) is 0 Å². The number of hydrogen-bond donors (Lipinski definition) is 3. The summed E-state index contributed by atoms with van der Waals surface area (Å²) in [6.45, 7) is 3.11. The molecule has 0 unspecified atom stereocenters. The molecule has 0 atom stereocenters. The van der Waals surface area contributed by atoms with Gasteiger partial charge < -0.3 is 15.3 Å². The van der Waals surface area contributed by atoms with Crippen LogP contribution in [-0.2, 0) is 0 Å². The smallest absolute Gasteiger partial charge is 0.438 e. The molecule has 0 bridgehead atoms. The lowest BCUT2D eigenvalue weighted by atomic mass is 10.2. The van der Waals surface area contributed by atoms with E-state index in [2.05, 4.69) is 12.2 Å². The van der Waals surface area contributed by atoms with Gasteiger partial charge in [0.25, 0.3) is 0 Å². The number of unbranched alkanes of at least 4 members (excludes halogenated alkanes) is 2. The van der Waals surface area contributed by atoms with Crippen LogP contribution < -0.4 is 15.6 Å². The number of amides is 1. The Balaban J connectivity index is 2.31. The average Bonchev–Trinajstić information content (AvgIpc) is 2.33. The average molecular weight is 238 g/mol. The third kappa shape index (κ3) is 5.65. The Morgan fingerprint density at radius 2 is 2.00 bits per heavy atom. The largest absolute Gasteiger partial charge is 0.463 e. The molecular weight excluding hydrogens is 220 g/mol. The molecule has 1 aromatic carbocycles. The van der Waals surface area contributed by atoms with Gasteiger partial charge in [-0.1, -0.05) is 19.8 Å². The first-order valence-corrected chi connectivity index (χ1v) is 5.72. The summed E-state index contributed by atoms with van der Waals surface area (Å²) < 4.78 is 0. The van der Waals surface area contributed by atoms with Crippen molar-refractivity contribution in [1.82, 2.24) is 5.48 Å². The fraction of sp³-hybridized carbons (Fsp3) is 0.417. The lowest BCUT2D eigenvalue weighted by Gasteiger charge is -2.07. The number of carboxylic acid groups (broad SMARTS) is 1. The minimum Gasteiger partial charge on any atom is -0.463 e. The zero-order chi connectivity index (χ0) is 12.5. The molecule has 0 aliphatic heterocycles. The van der Waals surface area contributed by atoms with Gasteiger partial charge in [-0.15, -0.1) is 0 Å². The zero-order valence-corrected chi connectivity index (χ0v) is 9.90. The number of hydrogen-bond acceptors (Lipinski definition) is 3. The maximum atomic E-state index is 10.2. The van der Waals surface area contributed by atoms with Crippen LogP contribution in [0.15, 0.2) is 24.3 Å². The Hall–Kier alpha value is -1.91. The van der Waals surface area contributed by atoms with E-state index in [0.717, 1.165) is 18.7 Å². The quantitative estimate of drug-likeness (QED) is 0.504. The monoisotopic (exact) mass is 238 g/mol. The van der Waals surface area contributed by atoms with Crippen molar-refractivity contribution in [2.45, 2.75) is 26.2 Å². The van der Waals surface area contributed by atoms with Crippen molar-refractivity contribution in [2.24, 2.45) is 0 Å². The van der Waals surface area contributed by atoms with E-state index in [9.17, 15) is 4.79 Å². The van der Waals surface area contributed by atoms with Crippen molar-refractivity contribution in [2.75, 3.05) is 11.9 Å². The molecule has 17 heavy (non-hydrogen) atoms. The normalized spacial score (nSPS) is 9.71. The van der Waals surface area contributed by atoms with Crippen LogP contribution in [0.5, 0.6) is 5.75 Å². The molecule has 94 valence electrons. The van der Waals surface area contributed by atoms with Crippen molar-refractivity contribution in [3.63, 3.8) is 0 Å². The molecule has 3 N–H and O–H groups in total. The molecule has 0 spiro atoms. The van der Waals surface area contributed by atoms with Gasteiger partial charge in [0.1, 0.15) is 0 Å². The van der Waals surface area contributed by atoms with Crippen molar-refractivity contribution in [3.8, 4) is 5.75 Å². The van der Waals surface area contributed by atoms with E-state index in [0.29, 0.717) is 5.75 Å². The fourth-order valence-electron chi connectivity index (χ4n) is 1.35. The lowest BCUT2D eigenvalue weighted by Crippen LogP contribution is -2.24. The van der Waals surface area contributed by atoms with Gasteiger partial charge in [-0.3, -0.25) is 0 Å². The molecule has 1 amide bonds. The Morgan fingerprint density at radius 3 is 2.59 bits per heavy atom. The summed E-state index contributed by atoms with van der Waals surface area (Å²) in [5, 5.41) is 11.6. The van der Waals surface area contributed by atoms with E-state index >= 15 is 0 Å². The van der Waals surface area contributed by atoms with Gasteiger partial charge in [0.15, 0.2) is 5.75 Å². The van der Waals surface area contributed by atoms with Gasteiger partial charge in [-0.05, 0) is 30.7 Å². The summed E-state index contributed by atoms with van der Waals surface area (Å²) in [7, 11) is 0. The SMILES string of the molecule is CCCCCNc1ccc(ONC(=O)O)cc1. The molecule has 0 saturated heterocycles. The Morgan fingerprint density at radius 1 is 1.29 bits per heavy atom. The zero-order valence-electron chi connectivity index (χ0n) is 9.90. The molecule has 0 aliphatic rings. The van der Waals surface area contributed by atoms with Gasteiger partial charge >= 0.3 is 6.09 Å². The molecule has 5 nitrogen and oxygen atoms in total. The van der Waals surface area contributed by atoms with Crippen LogP contribution in [0.2, 0.25) is 0 Å². The van der Waals surface area contributed by atoms with E-state index in [-0.39, 0.29) is 0 Å². The van der Waals surface area contributed by atoms with Crippen LogP contribution in [0.1, 0.15) is 26.2 Å². The van der Waals surface area contributed by atoms with Crippen LogP contribution in [0, 0.1) is 0 Å². The van der Waals surface area contributed by atoms with E-state index in [4.69, 9.17) is 9.94 Å². The van der Waals surface area contributed by atoms with Crippen molar-refractivity contribution in [3.05, 3.63) is 24.3 Å². The summed E-state index contributed by atoms with van der Waals surface area (Å²) in [6, 6.07) is 7.12. The Labute approximate surface area is 101 Å². The highest BCUT2D eigenvalue weighted by atomic mass is 16.7. The lowest BCUT2D eigenvalue weighted by molar-refractivity contribution is 0.136. The van der Waals surface area contributed by atoms with E-state index in [1.54, 1.807) is 12.1 Å². The first-order chi connectivity index (χ1) is 8.22. The molecule has 1 rings (SSSR count). The maximum Gasteiger partial charge on any atom is 0.438 e. The molecule has 5 heteroatoms. The van der Waals surface area contributed by atoms with Crippen LogP contribution in [0.4, 0.5) is 10.5 Å². The standard InChI is InChI=1S/C12H18N2O3/c1-2-3-4-9-13-10-5-7-11(8-6-10)17-14-12(15)16/h5-8,13-14H,2-4,9H2,1H3,(H,15,16). The Bertz CT molecular complexity index is 338. The third-order valence-corrected chi connectivity index (χ3v) is 2.22. The van der Waals surface area contributed by atoms with Crippen molar-refractivity contribution in [1.29, 1.82) is 0 Å². The highest BCUT2D eigenvalue weighted by molar-refractivity contribution is 5.63. The minimum absolute atomic E-state index is 0.464. The highest BCUT2D eigenvalue weighted by Gasteiger charge is 1.97. The molecule has 0 radical (unpaired) electrons. The number of benzene rings is 1. The summed E-state index contributed by atoms with van der Waals surface area (Å²) in [5.41, 5.74) is 2.84. The van der Waals surface area contributed by atoms with Crippen LogP contribution >= 0.6 is 0 Å². The molecule has 0 aliphatic carbocycles. The van der Waals surface area contributed by atoms with E-state index in [1.165, 1.54) is 12.8 Å². The van der Waals surface area contributed by atoms with Gasteiger partial charge in [-0.2, -0.15) is 5.48 Å². The third-order valence-electron chi connectivity index (χ3n) is 2.22. The summed E-state index contributed by atoms with van der Waals surface area (Å²) in [5.74, 6) is 0.464. The van der Waals surface area contributed by atoms with Crippen LogP contribution in [0.3, 0.4) is 0 Å². The van der Waals surface area contributed by atoms with Crippen molar-refractivity contribution < 1.29 is 14.7 Å². The van der Waals surface area contributed by atoms with Gasteiger partial charge in [0, 0.05) is 12.2 Å². The molecular formula is C12H18N2O3. The Kier molecular flexibility index (Phi) is 5.71. The second-order valence-corrected chi connectivity index (χ2v) is 3.67. The predicted octanol–water partition coefficient (Wildman–Crippen LogP) is 2.85. The molecule has 0 saturated carbocycles. The number of carbonyl (C=O) groups is 1. The van der Waals surface area contributed by atoms with Gasteiger partial charge in [0.05, 0.1) is 0 Å². The van der Waals surface area contributed by atoms with Crippen molar-refractivity contribution >= 4 is 11.8 Å². The van der Waals surface area contributed by atoms with Crippen LogP contribution in [-0.4, -0.2) is 17.7 Å². The number of hydroxylamine groups is 1. The highest BCUT2D eigenvalue weighted by Crippen LogP contribution is 2.14. The fourth-order valence-corrected chi connectivity index (χ4v) is 1.35. The summed E-state index contributed by atoms with van der Waals surface area (Å²) in [6.07, 6.45) is 2.35. The molecule has 0 aromatic heterocycles. The first-order valence-electron chi connectivity index (χ1n) is 5.72. The molecule has 1 aromatic rings. The van der Waals surface area contributed by atoms with E-state index in [1.807, 2.05) is 17.6 Å². The number of anilines is 1. The van der Waals surface area contributed by atoms with Gasteiger partial charge in [-0.25, -0.2) is 4.79 Å². The summed E-state index contributed by atoms with van der Waals surface area (Å²) >= 11 is 0. The van der Waals surface area contributed by atoms with Gasteiger partial charge in [0.2, 0.25) is 0 Å². The predicted molar refractivity (Wildman–Crippen MR) is 66.2 cm³/mol. The summed E-state index contributed by atoms with van der Waals surface area (Å²) in [4.78, 5) is 15.0. The van der Waals surface area contributed by atoms with E-state index < -0.39 is 6.09 Å². The second-order valence-electron chi connectivity index (χ2n) is 3.67. The molecule has 0 heterocycles. The molecule has 0 fully saturated rings.